The van der Waals surface area contributed by atoms with Crippen molar-refractivity contribution in [3.05, 3.63) is 112 Å². The Hall–Kier alpha value is -5.17. The molecule has 0 atom stereocenters. The Morgan fingerprint density at radius 3 is 2.14 bits per heavy atom. The maximum absolute atomic E-state index is 12.9. The lowest BCUT2D eigenvalue weighted by Gasteiger charge is -2.32. The van der Waals surface area contributed by atoms with Gasteiger partial charge in [-0.2, -0.15) is 5.10 Å². The van der Waals surface area contributed by atoms with Crippen molar-refractivity contribution >= 4 is 23.3 Å². The summed E-state index contributed by atoms with van der Waals surface area (Å²) in [5.41, 5.74) is 8.59. The number of hydrogen-bond acceptors (Lipinski definition) is 9. The zero-order chi connectivity index (χ0) is 39.6. The highest BCUT2D eigenvalue weighted by molar-refractivity contribution is 7.15. The highest BCUT2D eigenvalue weighted by Gasteiger charge is 2.33. The summed E-state index contributed by atoms with van der Waals surface area (Å²) in [6.07, 6.45) is 0.235. The number of piperazine rings is 1. The second-order valence-electron chi connectivity index (χ2n) is 15.7. The van der Waals surface area contributed by atoms with E-state index < -0.39 is 11.7 Å². The van der Waals surface area contributed by atoms with E-state index in [0.717, 1.165) is 82.9 Å². The first-order valence-corrected chi connectivity index (χ1v) is 19.9. The molecule has 7 rings (SSSR count). The minimum Gasteiger partial charge on any atom is -0.497 e. The van der Waals surface area contributed by atoms with Gasteiger partial charge in [0.2, 0.25) is 5.91 Å². The van der Waals surface area contributed by atoms with E-state index in [-0.39, 0.29) is 18.5 Å². The van der Waals surface area contributed by atoms with Gasteiger partial charge in [-0.15, -0.1) is 11.3 Å². The molecular formula is C44H52N6O5S. The first-order chi connectivity index (χ1) is 26.9. The number of thiophene rings is 1. The number of ether oxygens (including phenoxy) is 3. The van der Waals surface area contributed by atoms with Crippen molar-refractivity contribution < 1.29 is 23.8 Å². The summed E-state index contributed by atoms with van der Waals surface area (Å²) >= 11 is 1.62. The molecule has 1 fully saturated rings. The number of rotatable bonds is 12. The number of fused-ring (bicyclic) bond motifs is 3. The third-order valence-corrected chi connectivity index (χ3v) is 11.4. The second kappa shape index (κ2) is 16.5. The number of likely N-dealkylation sites (N-methyl/N-ethyl adjacent to an activating group) is 2. The van der Waals surface area contributed by atoms with Crippen LogP contribution >= 0.6 is 11.3 Å². The first-order valence-electron chi connectivity index (χ1n) is 19.1. The number of nitrogens with zero attached hydrogens (tertiary/aromatic N) is 5. The number of aromatic nitrogens is 2. The van der Waals surface area contributed by atoms with Crippen molar-refractivity contribution in [1.82, 2.24) is 29.8 Å². The number of methoxy groups -OCH3 is 2. The second-order valence-corrected chi connectivity index (χ2v) is 16.9. The van der Waals surface area contributed by atoms with E-state index in [1.54, 1.807) is 53.4 Å². The molecule has 3 aromatic carbocycles. The molecule has 0 radical (unpaired) electrons. The monoisotopic (exact) mass is 776 g/mol. The Morgan fingerprint density at radius 2 is 1.54 bits per heavy atom. The summed E-state index contributed by atoms with van der Waals surface area (Å²) in [6, 6.07) is 27.4. The molecule has 0 saturated carbocycles. The van der Waals surface area contributed by atoms with Gasteiger partial charge in [-0.3, -0.25) is 14.4 Å². The molecule has 0 bridgehead atoms. The maximum Gasteiger partial charge on any atom is 0.410 e. The number of carbonyl (C=O) groups is 2. The Balaban J connectivity index is 1.24. The number of carbonyl (C=O) groups excluding carboxylic acids is 2. The molecule has 1 N–H and O–H groups in total. The van der Waals surface area contributed by atoms with Crippen LogP contribution in [0, 0.1) is 0 Å². The molecule has 11 nitrogen and oxygen atoms in total. The third-order valence-electron chi connectivity index (χ3n) is 10.4. The normalized spacial score (nSPS) is 14.4. The third kappa shape index (κ3) is 8.77. The average Bonchev–Trinajstić information content (AvgIpc) is 3.90. The molecule has 2 aromatic heterocycles. The number of nitrogens with one attached hydrogen (secondary N) is 1. The minimum atomic E-state index is -0.639. The Kier molecular flexibility index (Phi) is 11.5. The number of amides is 2. The molecule has 56 heavy (non-hydrogen) atoms. The van der Waals surface area contributed by atoms with Gasteiger partial charge in [0.05, 0.1) is 31.3 Å². The van der Waals surface area contributed by atoms with Gasteiger partial charge >= 0.3 is 6.09 Å². The molecule has 1 aliphatic heterocycles. The summed E-state index contributed by atoms with van der Waals surface area (Å²) in [7, 11) is 7.12. The molecule has 3 heterocycles. The van der Waals surface area contributed by atoms with Gasteiger partial charge in [0.15, 0.2) is 0 Å². The SMILES string of the molecule is COc1ccc(C(c2ccc(OC)cc2)n2nc(-c3ccc(CNC(=O)CN(C)C(=O)OC(C)(C)C)s3)c3c2-c2cc(CN4CCN(C)CC4)ccc2C3)cc1. The largest absolute Gasteiger partial charge is 0.497 e. The van der Waals surface area contributed by atoms with Crippen LogP contribution in [0.15, 0.2) is 78.9 Å². The summed E-state index contributed by atoms with van der Waals surface area (Å²) in [6.45, 7) is 10.8. The lowest BCUT2D eigenvalue weighted by molar-refractivity contribution is -0.122. The molecule has 1 saturated heterocycles. The van der Waals surface area contributed by atoms with Crippen LogP contribution in [0.3, 0.4) is 0 Å². The summed E-state index contributed by atoms with van der Waals surface area (Å²) in [5.74, 6) is 1.33. The van der Waals surface area contributed by atoms with Crippen LogP contribution in [-0.2, 0) is 29.0 Å². The highest BCUT2D eigenvalue weighted by Crippen LogP contribution is 2.46. The average molecular weight is 777 g/mol. The van der Waals surface area contributed by atoms with Gasteiger partial charge in [0.25, 0.3) is 0 Å². The molecule has 0 spiro atoms. The first kappa shape index (κ1) is 39.1. The van der Waals surface area contributed by atoms with Crippen molar-refractivity contribution in [2.75, 3.05) is 61.0 Å². The topological polar surface area (TPSA) is 101 Å². The fourth-order valence-corrected chi connectivity index (χ4v) is 8.33. The van der Waals surface area contributed by atoms with E-state index in [2.05, 4.69) is 75.4 Å². The molecular weight excluding hydrogens is 725 g/mol. The molecule has 2 aliphatic rings. The molecule has 294 valence electrons. The van der Waals surface area contributed by atoms with Crippen LogP contribution in [0.5, 0.6) is 11.5 Å². The van der Waals surface area contributed by atoms with Crippen LogP contribution in [0.2, 0.25) is 0 Å². The van der Waals surface area contributed by atoms with E-state index in [9.17, 15) is 9.59 Å². The Morgan fingerprint density at radius 1 is 0.893 bits per heavy atom. The molecule has 2 amide bonds. The predicted octanol–water partition coefficient (Wildman–Crippen LogP) is 7.07. The van der Waals surface area contributed by atoms with Crippen LogP contribution in [-0.4, -0.2) is 103 Å². The number of benzene rings is 3. The lowest BCUT2D eigenvalue weighted by Crippen LogP contribution is -2.43. The van der Waals surface area contributed by atoms with Gasteiger partial charge in [-0.25, -0.2) is 4.79 Å². The van der Waals surface area contributed by atoms with Gasteiger partial charge in [-0.1, -0.05) is 36.4 Å². The zero-order valence-corrected chi connectivity index (χ0v) is 34.2. The van der Waals surface area contributed by atoms with Crippen LogP contribution in [0.4, 0.5) is 4.79 Å². The molecule has 5 aromatic rings. The van der Waals surface area contributed by atoms with Crippen LogP contribution in [0.25, 0.3) is 21.8 Å². The lowest BCUT2D eigenvalue weighted by atomic mass is 9.97. The Bertz CT molecular complexity index is 2120. The van der Waals surface area contributed by atoms with Gasteiger partial charge in [0.1, 0.15) is 35.4 Å². The predicted molar refractivity (Wildman–Crippen MR) is 220 cm³/mol. The molecule has 0 unspecified atom stereocenters. The van der Waals surface area contributed by atoms with E-state index in [1.165, 1.54) is 27.2 Å². The maximum atomic E-state index is 12.9. The highest BCUT2D eigenvalue weighted by atomic mass is 32.1. The van der Waals surface area contributed by atoms with E-state index in [0.29, 0.717) is 6.54 Å². The summed E-state index contributed by atoms with van der Waals surface area (Å²) in [5, 5.41) is 8.47. The van der Waals surface area contributed by atoms with Crippen LogP contribution < -0.4 is 14.8 Å². The van der Waals surface area contributed by atoms with Gasteiger partial charge in [-0.05, 0) is 92.5 Å². The molecule has 12 heteroatoms. The fourth-order valence-electron chi connectivity index (χ4n) is 7.37. The quantitative estimate of drug-likeness (QED) is 0.141. The van der Waals surface area contributed by atoms with E-state index >= 15 is 0 Å². The number of hydrogen-bond donors (Lipinski definition) is 1. The standard InChI is InChI=1S/C44H52N6O5S/c1-44(2,3)55-43(52)48(5)28-39(51)45-26-35-18-19-38(56-35)40-37-25-32-9-8-29(27-49-22-20-47(4)21-23-49)24-36(32)42(37)50(46-40)41(30-10-14-33(53-6)15-11-30)31-12-16-34(54-7)17-13-31/h8-19,24,41H,20-23,25-28H2,1-7H3,(H,45,51). The minimum absolute atomic E-state index is 0.0990. The van der Waals surface area contributed by atoms with Crippen molar-refractivity contribution in [3.8, 4) is 33.3 Å². The molecule has 1 aliphatic carbocycles. The fraction of sp³-hybridized carbons (Fsp3) is 0.386. The summed E-state index contributed by atoms with van der Waals surface area (Å²) in [4.78, 5) is 33.5. The van der Waals surface area contributed by atoms with Gasteiger partial charge in [0, 0.05) is 62.2 Å². The van der Waals surface area contributed by atoms with Crippen LogP contribution in [0.1, 0.15) is 59.5 Å². The Labute approximate surface area is 333 Å². The van der Waals surface area contributed by atoms with E-state index in [4.69, 9.17) is 19.3 Å². The van der Waals surface area contributed by atoms with E-state index in [1.807, 2.05) is 30.3 Å². The van der Waals surface area contributed by atoms with Crippen molar-refractivity contribution in [1.29, 1.82) is 0 Å². The van der Waals surface area contributed by atoms with Crippen molar-refractivity contribution in [2.45, 2.75) is 51.9 Å². The summed E-state index contributed by atoms with van der Waals surface area (Å²) < 4.78 is 18.7. The zero-order valence-electron chi connectivity index (χ0n) is 33.4. The van der Waals surface area contributed by atoms with Crippen molar-refractivity contribution in [3.63, 3.8) is 0 Å². The smallest absolute Gasteiger partial charge is 0.410 e. The van der Waals surface area contributed by atoms with Gasteiger partial charge < -0.3 is 29.3 Å². The van der Waals surface area contributed by atoms with Crippen molar-refractivity contribution in [2.24, 2.45) is 0 Å².